The van der Waals surface area contributed by atoms with Crippen molar-refractivity contribution in [2.45, 2.75) is 64.5 Å². The van der Waals surface area contributed by atoms with Crippen LogP contribution in [0.3, 0.4) is 0 Å². The smallest absolute Gasteiger partial charge is 0.246 e. The molecule has 0 aromatic carbocycles. The first kappa shape index (κ1) is 15.4. The van der Waals surface area contributed by atoms with E-state index in [4.69, 9.17) is 10.5 Å². The second-order valence-electron chi connectivity index (χ2n) is 5.74. The molecule has 0 radical (unpaired) electrons. The highest BCUT2D eigenvalue weighted by atomic mass is 16.5. The van der Waals surface area contributed by atoms with Gasteiger partial charge in [-0.25, -0.2) is 0 Å². The summed E-state index contributed by atoms with van der Waals surface area (Å²) in [6.45, 7) is 6.96. The molecule has 1 aliphatic carbocycles. The van der Waals surface area contributed by atoms with Crippen molar-refractivity contribution in [3.63, 3.8) is 0 Å². The molecule has 0 heterocycles. The van der Waals surface area contributed by atoms with Crippen LogP contribution >= 0.6 is 0 Å². The zero-order chi connectivity index (χ0) is 13.6. The SMILES string of the molecule is CCC(C)NC(=O)COC1(CN)CCC(C)CC1. The minimum absolute atomic E-state index is 0.0317. The molecule has 0 aliphatic heterocycles. The Balaban J connectivity index is 2.37. The van der Waals surface area contributed by atoms with Gasteiger partial charge < -0.3 is 15.8 Å². The molecular weight excluding hydrogens is 228 g/mol. The second-order valence-corrected chi connectivity index (χ2v) is 5.74. The van der Waals surface area contributed by atoms with E-state index in [1.807, 2.05) is 6.92 Å². The van der Waals surface area contributed by atoms with Gasteiger partial charge in [0, 0.05) is 12.6 Å². The van der Waals surface area contributed by atoms with E-state index in [-0.39, 0.29) is 24.2 Å². The first-order valence-corrected chi connectivity index (χ1v) is 7.14. The van der Waals surface area contributed by atoms with Crippen molar-refractivity contribution in [1.82, 2.24) is 5.32 Å². The molecule has 0 aromatic rings. The van der Waals surface area contributed by atoms with Crippen LogP contribution in [0.1, 0.15) is 52.9 Å². The van der Waals surface area contributed by atoms with Gasteiger partial charge in [0.1, 0.15) is 6.61 Å². The third-order valence-corrected chi connectivity index (χ3v) is 4.09. The second kappa shape index (κ2) is 7.10. The molecule has 0 bridgehead atoms. The number of carbonyl (C=O) groups excluding carboxylic acids is 1. The molecule has 106 valence electrons. The predicted octanol–water partition coefficient (Wildman–Crippen LogP) is 1.83. The Morgan fingerprint density at radius 3 is 2.61 bits per heavy atom. The Kier molecular flexibility index (Phi) is 6.09. The molecule has 1 rings (SSSR count). The molecule has 0 spiro atoms. The Bertz CT molecular complexity index is 261. The van der Waals surface area contributed by atoms with Gasteiger partial charge in [-0.15, -0.1) is 0 Å². The van der Waals surface area contributed by atoms with Crippen LogP contribution in [0.25, 0.3) is 0 Å². The Morgan fingerprint density at radius 2 is 2.11 bits per heavy atom. The summed E-state index contributed by atoms with van der Waals surface area (Å²) in [6, 6.07) is 0.210. The van der Waals surface area contributed by atoms with E-state index < -0.39 is 0 Å². The van der Waals surface area contributed by atoms with Crippen molar-refractivity contribution >= 4 is 5.91 Å². The lowest BCUT2D eigenvalue weighted by Gasteiger charge is -2.38. The van der Waals surface area contributed by atoms with Gasteiger partial charge >= 0.3 is 0 Å². The van der Waals surface area contributed by atoms with Crippen LogP contribution in [0.5, 0.6) is 0 Å². The number of hydrogen-bond acceptors (Lipinski definition) is 3. The van der Waals surface area contributed by atoms with Gasteiger partial charge in [0.05, 0.1) is 5.60 Å². The van der Waals surface area contributed by atoms with Crippen LogP contribution in [0.2, 0.25) is 0 Å². The Morgan fingerprint density at radius 1 is 1.50 bits per heavy atom. The molecule has 1 atom stereocenters. The molecular formula is C14H28N2O2. The van der Waals surface area contributed by atoms with Crippen LogP contribution in [0.15, 0.2) is 0 Å². The standard InChI is InChI=1S/C14H28N2O2/c1-4-12(3)16-13(17)9-18-14(10-15)7-5-11(2)6-8-14/h11-12H,4-10,15H2,1-3H3,(H,16,17). The molecule has 4 heteroatoms. The first-order valence-electron chi connectivity index (χ1n) is 7.14. The quantitative estimate of drug-likeness (QED) is 0.762. The zero-order valence-corrected chi connectivity index (χ0v) is 12.0. The number of carbonyl (C=O) groups is 1. The van der Waals surface area contributed by atoms with Crippen molar-refractivity contribution in [3.8, 4) is 0 Å². The van der Waals surface area contributed by atoms with Gasteiger partial charge in [0.15, 0.2) is 0 Å². The monoisotopic (exact) mass is 256 g/mol. The summed E-state index contributed by atoms with van der Waals surface area (Å²) in [6.07, 6.45) is 5.17. The van der Waals surface area contributed by atoms with Crippen LogP contribution in [0, 0.1) is 5.92 Å². The fourth-order valence-electron chi connectivity index (χ4n) is 2.33. The first-order chi connectivity index (χ1) is 8.51. The molecule has 0 aromatic heterocycles. The van der Waals surface area contributed by atoms with Gasteiger partial charge in [-0.2, -0.15) is 0 Å². The minimum atomic E-state index is -0.265. The summed E-state index contributed by atoms with van der Waals surface area (Å²) in [4.78, 5) is 11.7. The van der Waals surface area contributed by atoms with Gasteiger partial charge in [-0.1, -0.05) is 13.8 Å². The summed E-state index contributed by atoms with van der Waals surface area (Å²) >= 11 is 0. The Hall–Kier alpha value is -0.610. The number of hydrogen-bond donors (Lipinski definition) is 2. The van der Waals surface area contributed by atoms with Crippen LogP contribution in [-0.2, 0) is 9.53 Å². The van der Waals surface area contributed by atoms with E-state index in [2.05, 4.69) is 19.2 Å². The van der Waals surface area contributed by atoms with Crippen molar-refractivity contribution < 1.29 is 9.53 Å². The summed E-state index contributed by atoms with van der Waals surface area (Å²) in [5.41, 5.74) is 5.58. The highest BCUT2D eigenvalue weighted by Crippen LogP contribution is 2.33. The van der Waals surface area contributed by atoms with E-state index in [0.29, 0.717) is 6.54 Å². The summed E-state index contributed by atoms with van der Waals surface area (Å²) in [5, 5.41) is 2.91. The molecule has 1 fully saturated rings. The number of nitrogens with two attached hydrogens (primary N) is 1. The Labute approximate surface area is 111 Å². The maximum absolute atomic E-state index is 11.7. The molecule has 4 nitrogen and oxygen atoms in total. The summed E-state index contributed by atoms with van der Waals surface area (Å²) in [7, 11) is 0. The lowest BCUT2D eigenvalue weighted by molar-refractivity contribution is -0.136. The van der Waals surface area contributed by atoms with Gasteiger partial charge in [-0.3, -0.25) is 4.79 Å². The highest BCUT2D eigenvalue weighted by molar-refractivity contribution is 5.77. The summed E-state index contributed by atoms with van der Waals surface area (Å²) < 4.78 is 5.84. The maximum Gasteiger partial charge on any atom is 0.246 e. The number of amides is 1. The third kappa shape index (κ3) is 4.58. The average molecular weight is 256 g/mol. The molecule has 3 N–H and O–H groups in total. The van der Waals surface area contributed by atoms with Crippen molar-refractivity contribution in [3.05, 3.63) is 0 Å². The molecule has 1 aliphatic rings. The zero-order valence-electron chi connectivity index (χ0n) is 12.0. The van der Waals surface area contributed by atoms with Crippen molar-refractivity contribution in [1.29, 1.82) is 0 Å². The van der Waals surface area contributed by atoms with Crippen molar-refractivity contribution in [2.75, 3.05) is 13.2 Å². The fraction of sp³-hybridized carbons (Fsp3) is 0.929. The number of rotatable bonds is 6. The maximum atomic E-state index is 11.7. The molecule has 0 saturated heterocycles. The van der Waals surface area contributed by atoms with E-state index in [9.17, 15) is 4.79 Å². The van der Waals surface area contributed by atoms with E-state index >= 15 is 0 Å². The van der Waals surface area contributed by atoms with E-state index in [1.165, 1.54) is 0 Å². The molecule has 18 heavy (non-hydrogen) atoms. The molecule has 1 unspecified atom stereocenters. The van der Waals surface area contributed by atoms with Crippen LogP contribution in [0.4, 0.5) is 0 Å². The number of nitrogens with one attached hydrogen (secondary N) is 1. The normalized spacial score (nSPS) is 29.9. The lowest BCUT2D eigenvalue weighted by atomic mass is 9.79. The highest BCUT2D eigenvalue weighted by Gasteiger charge is 2.34. The third-order valence-electron chi connectivity index (χ3n) is 4.09. The molecule has 1 amide bonds. The lowest BCUT2D eigenvalue weighted by Crippen LogP contribution is -2.46. The van der Waals surface area contributed by atoms with E-state index in [1.54, 1.807) is 0 Å². The average Bonchev–Trinajstić information content (AvgIpc) is 2.38. The van der Waals surface area contributed by atoms with Crippen LogP contribution < -0.4 is 11.1 Å². The predicted molar refractivity (Wildman–Crippen MR) is 73.3 cm³/mol. The van der Waals surface area contributed by atoms with Crippen molar-refractivity contribution in [2.24, 2.45) is 11.7 Å². The molecule has 1 saturated carbocycles. The fourth-order valence-corrected chi connectivity index (χ4v) is 2.33. The van der Waals surface area contributed by atoms with Crippen LogP contribution in [-0.4, -0.2) is 30.7 Å². The van der Waals surface area contributed by atoms with E-state index in [0.717, 1.165) is 38.0 Å². The minimum Gasteiger partial charge on any atom is -0.364 e. The topological polar surface area (TPSA) is 64.3 Å². The summed E-state index contributed by atoms with van der Waals surface area (Å²) in [5.74, 6) is 0.720. The number of ether oxygens (including phenoxy) is 1. The van der Waals surface area contributed by atoms with Gasteiger partial charge in [0.25, 0.3) is 0 Å². The largest absolute Gasteiger partial charge is 0.364 e. The van der Waals surface area contributed by atoms with Gasteiger partial charge in [-0.05, 0) is 44.9 Å². The van der Waals surface area contributed by atoms with Gasteiger partial charge in [0.2, 0.25) is 5.91 Å².